The van der Waals surface area contributed by atoms with Gasteiger partial charge < -0.3 is 9.84 Å². The first kappa shape index (κ1) is 16.4. The molecule has 1 N–H and O–H groups in total. The molecule has 1 aromatic rings. The normalized spacial score (nSPS) is 16.5. The fraction of sp³-hybridized carbons (Fsp3) is 0.615. The molecule has 0 amide bonds. The highest BCUT2D eigenvalue weighted by molar-refractivity contribution is 7.89. The van der Waals surface area contributed by atoms with Crippen molar-refractivity contribution in [1.82, 2.24) is 4.31 Å². The minimum Gasteiger partial charge on any atom is -0.465 e. The summed E-state index contributed by atoms with van der Waals surface area (Å²) in [4.78, 5) is 11.8. The number of aliphatic hydroxyl groups excluding tert-OH is 1. The Labute approximate surface area is 128 Å². The maximum atomic E-state index is 12.8. The maximum absolute atomic E-state index is 12.8. The quantitative estimate of drug-likeness (QED) is 0.797. The summed E-state index contributed by atoms with van der Waals surface area (Å²) < 4.78 is 31.6. The van der Waals surface area contributed by atoms with Crippen molar-refractivity contribution in [2.45, 2.75) is 36.6 Å². The highest BCUT2D eigenvalue weighted by Gasteiger charge is 2.35. The van der Waals surface area contributed by atoms with Crippen molar-refractivity contribution in [2.24, 2.45) is 0 Å². The van der Waals surface area contributed by atoms with Gasteiger partial charge in [-0.3, -0.25) is 0 Å². The number of carbonyl (C=O) groups is 1. The number of ether oxygens (including phenoxy) is 1. The molecule has 0 saturated heterocycles. The molecule has 0 spiro atoms. The summed E-state index contributed by atoms with van der Waals surface area (Å²) in [7, 11) is -2.58. The van der Waals surface area contributed by atoms with Gasteiger partial charge in [-0.2, -0.15) is 4.31 Å². The van der Waals surface area contributed by atoms with Gasteiger partial charge in [-0.1, -0.05) is 12.8 Å². The van der Waals surface area contributed by atoms with Crippen LogP contribution in [0, 0.1) is 0 Å². The minimum absolute atomic E-state index is 0.0281. The lowest BCUT2D eigenvalue weighted by molar-refractivity contribution is 0.0602. The molecule has 0 aliphatic heterocycles. The lowest BCUT2D eigenvalue weighted by atomic mass is 10.2. The minimum atomic E-state index is -3.81. The third kappa shape index (κ3) is 3.28. The monoisotopic (exact) mass is 333 g/mol. The molecule has 1 aromatic heterocycles. The Morgan fingerprint density at radius 3 is 2.71 bits per heavy atom. The van der Waals surface area contributed by atoms with Crippen LogP contribution in [0.2, 0.25) is 0 Å². The highest BCUT2D eigenvalue weighted by Crippen LogP contribution is 2.31. The summed E-state index contributed by atoms with van der Waals surface area (Å²) in [6, 6.07) is 1.32. The molecule has 1 heterocycles. The molecule has 0 aromatic carbocycles. The molecule has 1 aliphatic carbocycles. The number of hydrogen-bond donors (Lipinski definition) is 1. The molecule has 118 valence electrons. The van der Waals surface area contributed by atoms with Gasteiger partial charge in [0.25, 0.3) is 0 Å². The molecule has 21 heavy (non-hydrogen) atoms. The zero-order valence-electron chi connectivity index (χ0n) is 11.8. The second-order valence-electron chi connectivity index (χ2n) is 4.88. The van der Waals surface area contributed by atoms with Crippen LogP contribution in [0.3, 0.4) is 0 Å². The average molecular weight is 333 g/mol. The summed E-state index contributed by atoms with van der Waals surface area (Å²) in [6.45, 7) is -0.198. The van der Waals surface area contributed by atoms with Crippen LogP contribution in [0.4, 0.5) is 0 Å². The molecule has 0 bridgehead atoms. The molecule has 0 radical (unpaired) electrons. The smallest absolute Gasteiger partial charge is 0.349 e. The Kier molecular flexibility index (Phi) is 5.37. The number of rotatable bonds is 6. The summed E-state index contributed by atoms with van der Waals surface area (Å²) in [5, 5.41) is 10.7. The largest absolute Gasteiger partial charge is 0.465 e. The number of thiophene rings is 1. The van der Waals surface area contributed by atoms with Crippen LogP contribution < -0.4 is 0 Å². The molecule has 1 fully saturated rings. The van der Waals surface area contributed by atoms with Gasteiger partial charge in [-0.15, -0.1) is 11.3 Å². The van der Waals surface area contributed by atoms with E-state index in [0.717, 1.165) is 37.0 Å². The Morgan fingerprint density at radius 2 is 2.14 bits per heavy atom. The number of nitrogens with zero attached hydrogens (tertiary/aromatic N) is 1. The number of sulfonamides is 1. The van der Waals surface area contributed by atoms with Crippen LogP contribution in [-0.4, -0.2) is 50.1 Å². The molecule has 0 unspecified atom stereocenters. The lowest BCUT2D eigenvalue weighted by Gasteiger charge is -2.27. The molecule has 2 rings (SSSR count). The zero-order valence-corrected chi connectivity index (χ0v) is 13.5. The summed E-state index contributed by atoms with van der Waals surface area (Å²) in [5.74, 6) is -0.654. The highest BCUT2D eigenvalue weighted by atomic mass is 32.2. The van der Waals surface area contributed by atoms with E-state index in [1.807, 2.05) is 0 Å². The van der Waals surface area contributed by atoms with Gasteiger partial charge in [0.15, 0.2) is 0 Å². The van der Waals surface area contributed by atoms with Gasteiger partial charge >= 0.3 is 5.97 Å². The molecule has 1 saturated carbocycles. The van der Waals surface area contributed by atoms with E-state index in [-0.39, 0.29) is 29.0 Å². The zero-order chi connectivity index (χ0) is 15.5. The van der Waals surface area contributed by atoms with E-state index in [4.69, 9.17) is 0 Å². The first-order valence-electron chi connectivity index (χ1n) is 6.81. The Morgan fingerprint density at radius 1 is 1.48 bits per heavy atom. The lowest BCUT2D eigenvalue weighted by Crippen LogP contribution is -2.41. The maximum Gasteiger partial charge on any atom is 0.349 e. The second kappa shape index (κ2) is 6.87. The fourth-order valence-corrected chi connectivity index (χ4v) is 5.64. The number of aliphatic hydroxyl groups is 1. The average Bonchev–Trinajstić information content (AvgIpc) is 3.14. The summed E-state index contributed by atoms with van der Waals surface area (Å²) >= 11 is 1.04. The van der Waals surface area contributed by atoms with Crippen molar-refractivity contribution in [3.8, 4) is 0 Å². The van der Waals surface area contributed by atoms with Crippen molar-refractivity contribution in [2.75, 3.05) is 20.3 Å². The van der Waals surface area contributed by atoms with Gasteiger partial charge in [0.2, 0.25) is 10.0 Å². The van der Waals surface area contributed by atoms with Gasteiger partial charge in [0, 0.05) is 12.6 Å². The van der Waals surface area contributed by atoms with Gasteiger partial charge in [0.05, 0.1) is 13.7 Å². The Hall–Kier alpha value is -0.960. The van der Waals surface area contributed by atoms with Crippen molar-refractivity contribution >= 4 is 27.3 Å². The van der Waals surface area contributed by atoms with Crippen molar-refractivity contribution in [1.29, 1.82) is 0 Å². The number of methoxy groups -OCH3 is 1. The molecule has 8 heteroatoms. The fourth-order valence-electron chi connectivity index (χ4n) is 2.66. The number of esters is 1. The van der Waals surface area contributed by atoms with Crippen molar-refractivity contribution in [3.63, 3.8) is 0 Å². The standard InChI is InChI=1S/C13H19NO5S2/c1-19-13(16)12-11(6-9-20-12)21(17,18)14(7-8-15)10-4-2-3-5-10/h6,9-10,15H,2-5,7-8H2,1H3. The molecular formula is C13H19NO5S2. The van der Waals surface area contributed by atoms with E-state index in [1.165, 1.54) is 17.5 Å². The van der Waals surface area contributed by atoms with Crippen LogP contribution in [0.15, 0.2) is 16.3 Å². The predicted molar refractivity (Wildman–Crippen MR) is 78.9 cm³/mol. The van der Waals surface area contributed by atoms with Crippen LogP contribution in [-0.2, 0) is 14.8 Å². The molecule has 6 nitrogen and oxygen atoms in total. The first-order chi connectivity index (χ1) is 10.0. The van der Waals surface area contributed by atoms with Gasteiger partial charge in [-0.25, -0.2) is 13.2 Å². The summed E-state index contributed by atoms with van der Waals surface area (Å²) in [6.07, 6.45) is 3.54. The molecular weight excluding hydrogens is 314 g/mol. The predicted octanol–water partition coefficient (Wildman–Crippen LogP) is 1.46. The van der Waals surface area contributed by atoms with Gasteiger partial charge in [0.1, 0.15) is 9.77 Å². The van der Waals surface area contributed by atoms with Crippen LogP contribution in [0.1, 0.15) is 35.4 Å². The third-order valence-corrected chi connectivity index (χ3v) is 6.66. The second-order valence-corrected chi connectivity index (χ2v) is 7.66. The van der Waals surface area contributed by atoms with E-state index in [1.54, 1.807) is 5.38 Å². The van der Waals surface area contributed by atoms with Crippen molar-refractivity contribution < 1.29 is 23.1 Å². The van der Waals surface area contributed by atoms with E-state index in [9.17, 15) is 18.3 Å². The Balaban J connectivity index is 2.38. The van der Waals surface area contributed by atoms with Crippen LogP contribution >= 0.6 is 11.3 Å². The van der Waals surface area contributed by atoms with Gasteiger partial charge in [-0.05, 0) is 24.3 Å². The number of carbonyl (C=O) groups excluding carboxylic acids is 1. The first-order valence-corrected chi connectivity index (χ1v) is 9.13. The number of hydrogen-bond acceptors (Lipinski definition) is 6. The SMILES string of the molecule is COC(=O)c1sccc1S(=O)(=O)N(CCO)C1CCCC1. The summed E-state index contributed by atoms with van der Waals surface area (Å²) in [5.41, 5.74) is 0. The van der Waals surface area contributed by atoms with Crippen LogP contribution in [0.5, 0.6) is 0 Å². The van der Waals surface area contributed by atoms with E-state index in [2.05, 4.69) is 4.74 Å². The molecule has 1 aliphatic rings. The third-order valence-electron chi connectivity index (χ3n) is 3.64. The topological polar surface area (TPSA) is 83.9 Å². The Bertz CT molecular complexity index is 589. The van der Waals surface area contributed by atoms with Crippen LogP contribution in [0.25, 0.3) is 0 Å². The van der Waals surface area contributed by atoms with E-state index < -0.39 is 16.0 Å². The van der Waals surface area contributed by atoms with Crippen molar-refractivity contribution in [3.05, 3.63) is 16.3 Å². The van der Waals surface area contributed by atoms with E-state index in [0.29, 0.717) is 0 Å². The molecule has 0 atom stereocenters. The van der Waals surface area contributed by atoms with E-state index >= 15 is 0 Å².